The molecule has 2 heterocycles. The van der Waals surface area contributed by atoms with Gasteiger partial charge in [-0.05, 0) is 51.7 Å². The van der Waals surface area contributed by atoms with Crippen LogP contribution in [0.15, 0.2) is 18.3 Å². The summed E-state index contributed by atoms with van der Waals surface area (Å²) in [6.07, 6.45) is 3.45. The number of carbonyl (C=O) groups excluding carboxylic acids is 2. The number of amides is 2. The minimum absolute atomic E-state index is 0.317. The lowest BCUT2D eigenvalue weighted by Crippen LogP contribution is -2.49. The number of nitriles is 1. The quantitative estimate of drug-likeness (QED) is 0.804. The van der Waals surface area contributed by atoms with Crippen LogP contribution in [0.3, 0.4) is 0 Å². The lowest BCUT2D eigenvalue weighted by molar-refractivity contribution is -0.140. The van der Waals surface area contributed by atoms with Crippen molar-refractivity contribution in [3.63, 3.8) is 0 Å². The van der Waals surface area contributed by atoms with E-state index in [4.69, 9.17) is 0 Å². The molecule has 7 heteroatoms. The monoisotopic (exact) mass is 343 g/mol. The zero-order chi connectivity index (χ0) is 18.4. The second-order valence-electron chi connectivity index (χ2n) is 7.33. The maximum absolute atomic E-state index is 11.9. The van der Waals surface area contributed by atoms with Crippen LogP contribution in [-0.4, -0.2) is 42.0 Å². The van der Waals surface area contributed by atoms with E-state index in [1.807, 2.05) is 20.8 Å². The van der Waals surface area contributed by atoms with Gasteiger partial charge in [0.2, 0.25) is 0 Å². The van der Waals surface area contributed by atoms with Crippen molar-refractivity contribution < 1.29 is 9.59 Å². The number of nitrogens with zero attached hydrogens (tertiary/aromatic N) is 3. The van der Waals surface area contributed by atoms with Gasteiger partial charge >= 0.3 is 11.8 Å². The predicted octanol–water partition coefficient (Wildman–Crippen LogP) is 1.20. The summed E-state index contributed by atoms with van der Waals surface area (Å²) in [5.74, 6) is -0.153. The molecule has 0 spiro atoms. The molecular formula is C18H25N5O2. The second kappa shape index (κ2) is 7.97. The van der Waals surface area contributed by atoms with Gasteiger partial charge in [0.1, 0.15) is 11.9 Å². The molecule has 0 atom stereocenters. The molecule has 1 aromatic heterocycles. The van der Waals surface area contributed by atoms with Gasteiger partial charge in [-0.1, -0.05) is 0 Å². The first-order chi connectivity index (χ1) is 11.8. The third-order valence-electron chi connectivity index (χ3n) is 4.07. The van der Waals surface area contributed by atoms with Gasteiger partial charge in [-0.3, -0.25) is 9.59 Å². The molecule has 0 saturated carbocycles. The highest BCUT2D eigenvalue weighted by atomic mass is 16.2. The largest absolute Gasteiger partial charge is 0.356 e. The minimum Gasteiger partial charge on any atom is -0.356 e. The van der Waals surface area contributed by atoms with Crippen molar-refractivity contribution in [3.05, 3.63) is 23.9 Å². The van der Waals surface area contributed by atoms with Gasteiger partial charge in [-0.2, -0.15) is 5.26 Å². The van der Waals surface area contributed by atoms with Gasteiger partial charge in [0, 0.05) is 31.4 Å². The van der Waals surface area contributed by atoms with Crippen molar-refractivity contribution in [2.75, 3.05) is 24.5 Å². The average Bonchev–Trinajstić information content (AvgIpc) is 2.58. The fraction of sp³-hybridized carbons (Fsp3) is 0.556. The molecule has 25 heavy (non-hydrogen) atoms. The van der Waals surface area contributed by atoms with Crippen molar-refractivity contribution >= 4 is 17.6 Å². The number of pyridine rings is 1. The molecule has 1 saturated heterocycles. The maximum atomic E-state index is 11.9. The molecule has 134 valence electrons. The molecule has 2 amide bonds. The summed E-state index contributed by atoms with van der Waals surface area (Å²) in [5, 5.41) is 14.5. The van der Waals surface area contributed by atoms with E-state index in [1.165, 1.54) is 0 Å². The Labute approximate surface area is 148 Å². The zero-order valence-corrected chi connectivity index (χ0v) is 15.0. The lowest BCUT2D eigenvalue weighted by atomic mass is 9.96. The van der Waals surface area contributed by atoms with Gasteiger partial charge in [0.05, 0.1) is 5.56 Å². The van der Waals surface area contributed by atoms with E-state index in [0.717, 1.165) is 31.7 Å². The molecule has 0 radical (unpaired) electrons. The van der Waals surface area contributed by atoms with Crippen molar-refractivity contribution in [1.82, 2.24) is 15.6 Å². The molecule has 0 bridgehead atoms. The molecular weight excluding hydrogens is 318 g/mol. The smallest absolute Gasteiger partial charge is 0.309 e. The number of anilines is 1. The van der Waals surface area contributed by atoms with Crippen molar-refractivity contribution in [3.8, 4) is 6.07 Å². The Kier molecular flexibility index (Phi) is 5.97. The summed E-state index contributed by atoms with van der Waals surface area (Å²) < 4.78 is 0. The summed E-state index contributed by atoms with van der Waals surface area (Å²) in [4.78, 5) is 30.0. The van der Waals surface area contributed by atoms with Gasteiger partial charge < -0.3 is 15.5 Å². The molecule has 1 fully saturated rings. The lowest BCUT2D eigenvalue weighted by Gasteiger charge is -2.33. The number of carbonyl (C=O) groups is 2. The van der Waals surface area contributed by atoms with E-state index in [-0.39, 0.29) is 0 Å². The first-order valence-electron chi connectivity index (χ1n) is 8.50. The first-order valence-corrected chi connectivity index (χ1v) is 8.50. The normalized spacial score (nSPS) is 15.4. The molecule has 0 unspecified atom stereocenters. The van der Waals surface area contributed by atoms with Crippen LogP contribution in [0.5, 0.6) is 0 Å². The van der Waals surface area contributed by atoms with Crippen LogP contribution in [0, 0.1) is 17.2 Å². The molecule has 0 aromatic carbocycles. The number of aromatic nitrogens is 1. The predicted molar refractivity (Wildman–Crippen MR) is 94.8 cm³/mol. The van der Waals surface area contributed by atoms with Crippen LogP contribution in [0.1, 0.15) is 39.2 Å². The van der Waals surface area contributed by atoms with Crippen LogP contribution in [0.25, 0.3) is 0 Å². The average molecular weight is 343 g/mol. The third kappa shape index (κ3) is 5.45. The Balaban J connectivity index is 1.80. The van der Waals surface area contributed by atoms with Gasteiger partial charge in [0.25, 0.3) is 0 Å². The Morgan fingerprint density at radius 3 is 2.60 bits per heavy atom. The third-order valence-corrected chi connectivity index (χ3v) is 4.07. The van der Waals surface area contributed by atoms with Crippen molar-refractivity contribution in [2.24, 2.45) is 5.92 Å². The number of hydrogen-bond donors (Lipinski definition) is 2. The molecule has 1 aliphatic heterocycles. The molecule has 1 aromatic rings. The van der Waals surface area contributed by atoms with Gasteiger partial charge in [-0.25, -0.2) is 4.98 Å². The summed E-state index contributed by atoms with van der Waals surface area (Å²) >= 11 is 0. The second-order valence-corrected chi connectivity index (χ2v) is 7.33. The van der Waals surface area contributed by atoms with Crippen molar-refractivity contribution in [2.45, 2.75) is 39.2 Å². The van der Waals surface area contributed by atoms with Crippen LogP contribution in [0.4, 0.5) is 5.82 Å². The molecule has 2 N–H and O–H groups in total. The summed E-state index contributed by atoms with van der Waals surface area (Å²) in [7, 11) is 0. The van der Waals surface area contributed by atoms with Crippen LogP contribution in [0.2, 0.25) is 0 Å². The Morgan fingerprint density at radius 2 is 2.00 bits per heavy atom. The highest BCUT2D eigenvalue weighted by molar-refractivity contribution is 6.35. The van der Waals surface area contributed by atoms with E-state index in [0.29, 0.717) is 18.0 Å². The van der Waals surface area contributed by atoms with Gasteiger partial charge in [0.15, 0.2) is 0 Å². The zero-order valence-electron chi connectivity index (χ0n) is 15.0. The van der Waals surface area contributed by atoms with E-state index >= 15 is 0 Å². The first kappa shape index (κ1) is 18.7. The van der Waals surface area contributed by atoms with Crippen molar-refractivity contribution in [1.29, 1.82) is 5.26 Å². The SMILES string of the molecule is CC(C)(C)NC(=O)C(=O)NCC1CCN(c2ncccc2C#N)CC1. The Hall–Kier alpha value is -2.62. The topological polar surface area (TPSA) is 98.1 Å². The summed E-state index contributed by atoms with van der Waals surface area (Å²) in [6.45, 7) is 7.54. The van der Waals surface area contributed by atoms with E-state index < -0.39 is 17.4 Å². The highest BCUT2D eigenvalue weighted by Gasteiger charge is 2.24. The van der Waals surface area contributed by atoms with E-state index in [1.54, 1.807) is 18.3 Å². The van der Waals surface area contributed by atoms with E-state index in [9.17, 15) is 14.9 Å². The number of rotatable bonds is 3. The maximum Gasteiger partial charge on any atom is 0.309 e. The van der Waals surface area contributed by atoms with Crippen LogP contribution >= 0.6 is 0 Å². The fourth-order valence-corrected chi connectivity index (χ4v) is 2.80. The number of hydrogen-bond acceptors (Lipinski definition) is 5. The summed E-state index contributed by atoms with van der Waals surface area (Å²) in [5.41, 5.74) is 0.147. The summed E-state index contributed by atoms with van der Waals surface area (Å²) in [6, 6.07) is 5.69. The van der Waals surface area contributed by atoms with Crippen LogP contribution in [-0.2, 0) is 9.59 Å². The standard InChI is InChI=1S/C18H25N5O2/c1-18(2,3)22-17(25)16(24)21-12-13-6-9-23(10-7-13)15-14(11-19)5-4-8-20-15/h4-5,8,13H,6-7,9-10,12H2,1-3H3,(H,21,24)(H,22,25). The number of nitrogens with one attached hydrogen (secondary N) is 2. The molecule has 0 aliphatic carbocycles. The Bertz CT molecular complexity index is 667. The highest BCUT2D eigenvalue weighted by Crippen LogP contribution is 2.23. The Morgan fingerprint density at radius 1 is 1.32 bits per heavy atom. The van der Waals surface area contributed by atoms with E-state index in [2.05, 4.69) is 26.6 Å². The molecule has 1 aliphatic rings. The minimum atomic E-state index is -0.600. The molecule has 7 nitrogen and oxygen atoms in total. The van der Waals surface area contributed by atoms with Crippen LogP contribution < -0.4 is 15.5 Å². The fourth-order valence-electron chi connectivity index (χ4n) is 2.80. The molecule has 2 rings (SSSR count). The van der Waals surface area contributed by atoms with Gasteiger partial charge in [-0.15, -0.1) is 0 Å². The number of piperidine rings is 1.